The summed E-state index contributed by atoms with van der Waals surface area (Å²) in [5.74, 6) is -0.186. The molecule has 1 N–H and O–H groups in total. The number of rotatable bonds is 5. The SMILES string of the molecule is Cc1ccc(C)c(S(=O)(=O)Nc2cccc(C(=O)N3CCN(C(=O)C4CCCO4)CC3)c2)c1. The van der Waals surface area contributed by atoms with E-state index in [1.807, 2.05) is 13.0 Å². The Balaban J connectivity index is 1.42. The molecule has 9 heteroatoms. The van der Waals surface area contributed by atoms with E-state index in [-0.39, 0.29) is 22.8 Å². The largest absolute Gasteiger partial charge is 0.368 e. The molecular formula is C24H29N3O5S. The number of hydrogen-bond donors (Lipinski definition) is 1. The van der Waals surface area contributed by atoms with Crippen LogP contribution in [0, 0.1) is 13.8 Å². The highest BCUT2D eigenvalue weighted by Crippen LogP contribution is 2.22. The van der Waals surface area contributed by atoms with Crippen LogP contribution >= 0.6 is 0 Å². The minimum absolute atomic E-state index is 0.00226. The number of amides is 2. The van der Waals surface area contributed by atoms with Gasteiger partial charge in [0.25, 0.3) is 21.8 Å². The highest BCUT2D eigenvalue weighted by Gasteiger charge is 2.31. The third kappa shape index (κ3) is 5.20. The van der Waals surface area contributed by atoms with Crippen molar-refractivity contribution in [3.05, 3.63) is 59.2 Å². The Morgan fingerprint density at radius 1 is 1.00 bits per heavy atom. The van der Waals surface area contributed by atoms with Crippen LogP contribution in [-0.2, 0) is 19.6 Å². The van der Waals surface area contributed by atoms with Crippen LogP contribution in [0.2, 0.25) is 0 Å². The number of piperazine rings is 1. The first-order chi connectivity index (χ1) is 15.7. The summed E-state index contributed by atoms with van der Waals surface area (Å²) in [5, 5.41) is 0. The van der Waals surface area contributed by atoms with Gasteiger partial charge in [0.15, 0.2) is 0 Å². The van der Waals surface area contributed by atoms with Crippen molar-refractivity contribution in [1.82, 2.24) is 9.80 Å². The summed E-state index contributed by atoms with van der Waals surface area (Å²) in [5.41, 5.74) is 2.22. The molecular weight excluding hydrogens is 442 g/mol. The van der Waals surface area contributed by atoms with E-state index in [9.17, 15) is 18.0 Å². The number of carbonyl (C=O) groups excluding carboxylic acids is 2. The van der Waals surface area contributed by atoms with Crippen molar-refractivity contribution in [2.75, 3.05) is 37.5 Å². The molecule has 2 amide bonds. The fourth-order valence-corrected chi connectivity index (χ4v) is 5.59. The molecule has 2 fully saturated rings. The topological polar surface area (TPSA) is 96.0 Å². The average molecular weight is 472 g/mol. The summed E-state index contributed by atoms with van der Waals surface area (Å²) in [4.78, 5) is 29.2. The summed E-state index contributed by atoms with van der Waals surface area (Å²) in [7, 11) is -3.79. The van der Waals surface area contributed by atoms with Crippen molar-refractivity contribution in [2.24, 2.45) is 0 Å². The smallest absolute Gasteiger partial charge is 0.262 e. The van der Waals surface area contributed by atoms with Gasteiger partial charge < -0.3 is 14.5 Å². The Morgan fingerprint density at radius 3 is 2.42 bits per heavy atom. The zero-order valence-electron chi connectivity index (χ0n) is 18.9. The van der Waals surface area contributed by atoms with Crippen LogP contribution in [0.15, 0.2) is 47.4 Å². The van der Waals surface area contributed by atoms with E-state index < -0.39 is 10.0 Å². The second-order valence-electron chi connectivity index (χ2n) is 8.57. The summed E-state index contributed by atoms with van der Waals surface area (Å²) < 4.78 is 33.9. The number of nitrogens with one attached hydrogen (secondary N) is 1. The molecule has 0 radical (unpaired) electrons. The van der Waals surface area contributed by atoms with Gasteiger partial charge in [-0.15, -0.1) is 0 Å². The van der Waals surface area contributed by atoms with Crippen LogP contribution in [-0.4, -0.2) is 68.9 Å². The lowest BCUT2D eigenvalue weighted by Gasteiger charge is -2.35. The summed E-state index contributed by atoms with van der Waals surface area (Å²) >= 11 is 0. The molecule has 8 nitrogen and oxygen atoms in total. The molecule has 2 aliphatic heterocycles. The van der Waals surface area contributed by atoms with Crippen molar-refractivity contribution < 1.29 is 22.7 Å². The zero-order valence-corrected chi connectivity index (χ0v) is 19.7. The van der Waals surface area contributed by atoms with Gasteiger partial charge in [0.1, 0.15) is 6.10 Å². The fraction of sp³-hybridized carbons (Fsp3) is 0.417. The van der Waals surface area contributed by atoms with E-state index >= 15 is 0 Å². The minimum atomic E-state index is -3.79. The monoisotopic (exact) mass is 471 g/mol. The van der Waals surface area contributed by atoms with Crippen molar-refractivity contribution in [3.8, 4) is 0 Å². The molecule has 2 heterocycles. The van der Waals surface area contributed by atoms with Crippen LogP contribution in [0.25, 0.3) is 0 Å². The van der Waals surface area contributed by atoms with Gasteiger partial charge in [0, 0.05) is 44.0 Å². The number of ether oxygens (including phenoxy) is 1. The Bertz CT molecular complexity index is 1150. The van der Waals surface area contributed by atoms with Crippen LogP contribution in [0.1, 0.15) is 34.3 Å². The number of nitrogens with zero attached hydrogens (tertiary/aromatic N) is 2. The van der Waals surface area contributed by atoms with Crippen molar-refractivity contribution >= 4 is 27.5 Å². The summed E-state index contributed by atoms with van der Waals surface area (Å²) in [6.45, 7) is 5.99. The third-order valence-electron chi connectivity index (χ3n) is 6.08. The molecule has 0 bridgehead atoms. The second kappa shape index (κ2) is 9.52. The first kappa shape index (κ1) is 23.3. The Kier molecular flexibility index (Phi) is 6.71. The maximum Gasteiger partial charge on any atom is 0.262 e. The van der Waals surface area contributed by atoms with Gasteiger partial charge in [-0.05, 0) is 62.1 Å². The van der Waals surface area contributed by atoms with E-state index in [0.29, 0.717) is 49.6 Å². The van der Waals surface area contributed by atoms with Crippen LogP contribution < -0.4 is 4.72 Å². The van der Waals surface area contributed by atoms with Gasteiger partial charge in [-0.25, -0.2) is 8.42 Å². The Morgan fingerprint density at radius 2 is 1.73 bits per heavy atom. The van der Waals surface area contributed by atoms with Gasteiger partial charge in [-0.2, -0.15) is 0 Å². The van der Waals surface area contributed by atoms with E-state index in [1.165, 1.54) is 0 Å². The Labute approximate surface area is 194 Å². The summed E-state index contributed by atoms with van der Waals surface area (Å²) in [6.07, 6.45) is 1.30. The molecule has 0 spiro atoms. The Hall–Kier alpha value is -2.91. The molecule has 33 heavy (non-hydrogen) atoms. The molecule has 0 aliphatic carbocycles. The standard InChI is InChI=1S/C24H29N3O5S/c1-17-8-9-18(2)22(15-17)33(30,31)25-20-6-3-5-19(16-20)23(28)26-10-12-27(13-11-26)24(29)21-7-4-14-32-21/h3,5-6,8-9,15-16,21,25H,4,7,10-14H2,1-2H3. The van der Waals surface area contributed by atoms with Crippen LogP contribution in [0.5, 0.6) is 0 Å². The predicted octanol–water partition coefficient (Wildman–Crippen LogP) is 2.57. The molecule has 2 aliphatic rings. The van der Waals surface area contributed by atoms with E-state index in [1.54, 1.807) is 53.1 Å². The van der Waals surface area contributed by atoms with Crippen LogP contribution in [0.4, 0.5) is 5.69 Å². The molecule has 1 unspecified atom stereocenters. The van der Waals surface area contributed by atoms with Crippen molar-refractivity contribution in [2.45, 2.75) is 37.7 Å². The first-order valence-corrected chi connectivity index (χ1v) is 12.6. The van der Waals surface area contributed by atoms with Gasteiger partial charge in [0.05, 0.1) is 4.90 Å². The van der Waals surface area contributed by atoms with Crippen molar-refractivity contribution in [3.63, 3.8) is 0 Å². The fourth-order valence-electron chi connectivity index (χ4n) is 4.21. The van der Waals surface area contributed by atoms with Gasteiger partial charge in [-0.1, -0.05) is 18.2 Å². The molecule has 4 rings (SSSR count). The maximum absolute atomic E-state index is 13.0. The number of benzene rings is 2. The highest BCUT2D eigenvalue weighted by atomic mass is 32.2. The van der Waals surface area contributed by atoms with Crippen LogP contribution in [0.3, 0.4) is 0 Å². The number of aryl methyl sites for hydroxylation is 2. The first-order valence-electron chi connectivity index (χ1n) is 11.1. The van der Waals surface area contributed by atoms with Gasteiger partial charge in [0.2, 0.25) is 0 Å². The summed E-state index contributed by atoms with van der Waals surface area (Å²) in [6, 6.07) is 11.8. The number of anilines is 1. The van der Waals surface area contributed by atoms with Gasteiger partial charge >= 0.3 is 0 Å². The molecule has 2 saturated heterocycles. The second-order valence-corrected chi connectivity index (χ2v) is 10.2. The minimum Gasteiger partial charge on any atom is -0.368 e. The lowest BCUT2D eigenvalue weighted by molar-refractivity contribution is -0.142. The quantitative estimate of drug-likeness (QED) is 0.723. The zero-order chi connectivity index (χ0) is 23.6. The normalized spacial score (nSPS) is 18.9. The number of carbonyl (C=O) groups is 2. The maximum atomic E-state index is 13.0. The predicted molar refractivity (Wildman–Crippen MR) is 125 cm³/mol. The van der Waals surface area contributed by atoms with Gasteiger partial charge in [-0.3, -0.25) is 14.3 Å². The molecule has 1 atom stereocenters. The third-order valence-corrected chi connectivity index (χ3v) is 7.60. The molecule has 2 aromatic carbocycles. The molecule has 2 aromatic rings. The molecule has 176 valence electrons. The van der Waals surface area contributed by atoms with E-state index in [0.717, 1.165) is 18.4 Å². The number of hydrogen-bond acceptors (Lipinski definition) is 5. The van der Waals surface area contributed by atoms with E-state index in [4.69, 9.17) is 4.74 Å². The van der Waals surface area contributed by atoms with Crippen molar-refractivity contribution in [1.29, 1.82) is 0 Å². The lowest BCUT2D eigenvalue weighted by Crippen LogP contribution is -2.52. The molecule has 0 aromatic heterocycles. The lowest BCUT2D eigenvalue weighted by atomic mass is 10.1. The van der Waals surface area contributed by atoms with E-state index in [2.05, 4.69) is 4.72 Å². The molecule has 0 saturated carbocycles. The number of sulfonamides is 1. The highest BCUT2D eigenvalue weighted by molar-refractivity contribution is 7.92. The average Bonchev–Trinajstić information content (AvgIpc) is 3.34.